The average Bonchev–Trinajstić information content (AvgIpc) is 2.75. The number of carbonyl (C=O) groups excluding carboxylic acids is 2. The lowest BCUT2D eigenvalue weighted by molar-refractivity contribution is -0.133. The van der Waals surface area contributed by atoms with Gasteiger partial charge in [-0.3, -0.25) is 9.59 Å². The SMILES string of the molecule is CCNC(=O)CN1C(=O)CS[C@@H]1c1ccc(Cl)c(Cl)c1. The van der Waals surface area contributed by atoms with Gasteiger partial charge in [0.2, 0.25) is 11.8 Å². The Kier molecular flexibility index (Phi) is 5.18. The van der Waals surface area contributed by atoms with E-state index < -0.39 is 0 Å². The molecule has 0 aromatic heterocycles. The van der Waals surface area contributed by atoms with Gasteiger partial charge in [0.05, 0.1) is 15.8 Å². The summed E-state index contributed by atoms with van der Waals surface area (Å²) < 4.78 is 0. The smallest absolute Gasteiger partial charge is 0.239 e. The van der Waals surface area contributed by atoms with Gasteiger partial charge >= 0.3 is 0 Å². The summed E-state index contributed by atoms with van der Waals surface area (Å²) in [7, 11) is 0. The van der Waals surface area contributed by atoms with Gasteiger partial charge in [0.1, 0.15) is 11.9 Å². The van der Waals surface area contributed by atoms with E-state index in [1.807, 2.05) is 13.0 Å². The van der Waals surface area contributed by atoms with Crippen molar-refractivity contribution in [2.24, 2.45) is 0 Å². The van der Waals surface area contributed by atoms with Crippen LogP contribution < -0.4 is 5.32 Å². The van der Waals surface area contributed by atoms with Crippen LogP contribution in [0.1, 0.15) is 17.9 Å². The Bertz CT molecular complexity index is 539. The second-order valence-corrected chi connectivity index (χ2v) is 6.19. The minimum absolute atomic E-state index is 0.0441. The van der Waals surface area contributed by atoms with E-state index in [2.05, 4.69) is 5.32 Å². The Labute approximate surface area is 131 Å². The van der Waals surface area contributed by atoms with Crippen molar-refractivity contribution >= 4 is 46.8 Å². The fraction of sp³-hybridized carbons (Fsp3) is 0.385. The second kappa shape index (κ2) is 6.70. The lowest BCUT2D eigenvalue weighted by atomic mass is 10.2. The summed E-state index contributed by atoms with van der Waals surface area (Å²) in [5.41, 5.74) is 0.875. The van der Waals surface area contributed by atoms with Gasteiger partial charge in [-0.25, -0.2) is 0 Å². The molecule has 1 N–H and O–H groups in total. The molecule has 1 saturated heterocycles. The molecule has 0 spiro atoms. The van der Waals surface area contributed by atoms with Gasteiger partial charge in [0.15, 0.2) is 0 Å². The van der Waals surface area contributed by atoms with Crippen molar-refractivity contribution in [2.45, 2.75) is 12.3 Å². The summed E-state index contributed by atoms with van der Waals surface area (Å²) in [5, 5.41) is 3.42. The number of amides is 2. The molecule has 0 unspecified atom stereocenters. The normalized spacial score (nSPS) is 18.4. The number of hydrogen-bond donors (Lipinski definition) is 1. The van der Waals surface area contributed by atoms with Crippen LogP contribution >= 0.6 is 35.0 Å². The number of benzene rings is 1. The zero-order valence-electron chi connectivity index (χ0n) is 10.9. The minimum Gasteiger partial charge on any atom is -0.355 e. The molecule has 0 radical (unpaired) electrons. The van der Waals surface area contributed by atoms with Crippen LogP contribution in [-0.2, 0) is 9.59 Å². The number of carbonyl (C=O) groups is 2. The van der Waals surface area contributed by atoms with Crippen LogP contribution in [0.2, 0.25) is 10.0 Å². The largest absolute Gasteiger partial charge is 0.355 e. The third kappa shape index (κ3) is 3.40. The first-order chi connectivity index (χ1) is 9.52. The summed E-state index contributed by atoms with van der Waals surface area (Å²) in [5.74, 6) is 0.162. The number of nitrogens with zero attached hydrogens (tertiary/aromatic N) is 1. The number of thioether (sulfide) groups is 1. The molecule has 7 heteroatoms. The molecule has 1 aliphatic rings. The van der Waals surface area contributed by atoms with Crippen molar-refractivity contribution in [3.05, 3.63) is 33.8 Å². The van der Waals surface area contributed by atoms with Crippen LogP contribution in [0.15, 0.2) is 18.2 Å². The zero-order chi connectivity index (χ0) is 14.7. The second-order valence-electron chi connectivity index (χ2n) is 4.31. The number of halogens is 2. The van der Waals surface area contributed by atoms with E-state index in [1.54, 1.807) is 17.0 Å². The fourth-order valence-corrected chi connectivity index (χ4v) is 3.46. The van der Waals surface area contributed by atoms with E-state index in [9.17, 15) is 9.59 Å². The van der Waals surface area contributed by atoms with Gasteiger partial charge in [-0.1, -0.05) is 29.3 Å². The third-order valence-electron chi connectivity index (χ3n) is 2.88. The topological polar surface area (TPSA) is 49.4 Å². The molecule has 0 saturated carbocycles. The number of rotatable bonds is 4. The third-order valence-corrected chi connectivity index (χ3v) is 4.88. The first kappa shape index (κ1) is 15.5. The van der Waals surface area contributed by atoms with Crippen molar-refractivity contribution < 1.29 is 9.59 Å². The van der Waals surface area contributed by atoms with Gasteiger partial charge in [-0.2, -0.15) is 0 Å². The van der Waals surface area contributed by atoms with Crippen molar-refractivity contribution in [3.8, 4) is 0 Å². The maximum Gasteiger partial charge on any atom is 0.239 e. The molecular formula is C13H14Cl2N2O2S. The average molecular weight is 333 g/mol. The van der Waals surface area contributed by atoms with Crippen LogP contribution in [0.25, 0.3) is 0 Å². The lowest BCUT2D eigenvalue weighted by Gasteiger charge is -2.23. The summed E-state index contributed by atoms with van der Waals surface area (Å²) in [6.07, 6.45) is 0. The predicted octanol–water partition coefficient (Wildman–Crippen LogP) is 2.70. The van der Waals surface area contributed by atoms with Crippen LogP contribution in [-0.4, -0.2) is 35.6 Å². The van der Waals surface area contributed by atoms with E-state index in [-0.39, 0.29) is 23.7 Å². The molecule has 2 amide bonds. The number of hydrogen-bond acceptors (Lipinski definition) is 3. The molecule has 4 nitrogen and oxygen atoms in total. The molecule has 1 aromatic rings. The first-order valence-corrected chi connectivity index (χ1v) is 7.96. The molecule has 1 aliphatic heterocycles. The molecule has 1 atom stereocenters. The van der Waals surface area contributed by atoms with Crippen LogP contribution in [0, 0.1) is 0 Å². The Hall–Kier alpha value is -0.910. The maximum absolute atomic E-state index is 11.9. The Morgan fingerprint density at radius 3 is 2.85 bits per heavy atom. The highest BCUT2D eigenvalue weighted by Gasteiger charge is 2.34. The van der Waals surface area contributed by atoms with E-state index in [4.69, 9.17) is 23.2 Å². The first-order valence-electron chi connectivity index (χ1n) is 6.15. The van der Waals surface area contributed by atoms with E-state index in [0.717, 1.165) is 5.56 Å². The molecule has 1 heterocycles. The van der Waals surface area contributed by atoms with Gasteiger partial charge in [0.25, 0.3) is 0 Å². The summed E-state index contributed by atoms with van der Waals surface area (Å²) in [6, 6.07) is 5.27. The van der Waals surface area contributed by atoms with Crippen LogP contribution in [0.5, 0.6) is 0 Å². The summed E-state index contributed by atoms with van der Waals surface area (Å²) in [6.45, 7) is 2.45. The standard InChI is InChI=1S/C13H14Cl2N2O2S/c1-2-16-11(18)6-17-12(19)7-20-13(17)8-3-4-9(14)10(15)5-8/h3-5,13H,2,6-7H2,1H3,(H,16,18)/t13-/m1/s1. The van der Waals surface area contributed by atoms with Crippen LogP contribution in [0.4, 0.5) is 0 Å². The molecule has 1 aromatic carbocycles. The minimum atomic E-state index is -0.195. The monoisotopic (exact) mass is 332 g/mol. The highest BCUT2D eigenvalue weighted by molar-refractivity contribution is 8.00. The van der Waals surface area contributed by atoms with Crippen molar-refractivity contribution in [2.75, 3.05) is 18.8 Å². The fourth-order valence-electron chi connectivity index (χ4n) is 1.97. The van der Waals surface area contributed by atoms with Gasteiger partial charge < -0.3 is 10.2 Å². The molecule has 1 fully saturated rings. The summed E-state index contributed by atoms with van der Waals surface area (Å²) >= 11 is 13.4. The Morgan fingerprint density at radius 2 is 2.20 bits per heavy atom. The highest BCUT2D eigenvalue weighted by atomic mass is 35.5. The Morgan fingerprint density at radius 1 is 1.45 bits per heavy atom. The van der Waals surface area contributed by atoms with E-state index >= 15 is 0 Å². The Balaban J connectivity index is 2.18. The van der Waals surface area contributed by atoms with E-state index in [0.29, 0.717) is 22.3 Å². The molecule has 2 rings (SSSR count). The summed E-state index contributed by atoms with van der Waals surface area (Å²) in [4.78, 5) is 25.2. The van der Waals surface area contributed by atoms with Crippen molar-refractivity contribution in [3.63, 3.8) is 0 Å². The van der Waals surface area contributed by atoms with Gasteiger partial charge in [0, 0.05) is 6.54 Å². The molecule has 0 aliphatic carbocycles. The van der Waals surface area contributed by atoms with Crippen molar-refractivity contribution in [1.82, 2.24) is 10.2 Å². The van der Waals surface area contributed by atoms with Gasteiger partial charge in [-0.05, 0) is 24.6 Å². The van der Waals surface area contributed by atoms with E-state index in [1.165, 1.54) is 11.8 Å². The molecule has 108 valence electrons. The maximum atomic E-state index is 11.9. The lowest BCUT2D eigenvalue weighted by Crippen LogP contribution is -2.39. The molecule has 0 bridgehead atoms. The van der Waals surface area contributed by atoms with Crippen LogP contribution in [0.3, 0.4) is 0 Å². The molecular weight excluding hydrogens is 319 g/mol. The van der Waals surface area contributed by atoms with Gasteiger partial charge in [-0.15, -0.1) is 11.8 Å². The quantitative estimate of drug-likeness (QED) is 0.922. The predicted molar refractivity (Wildman–Crippen MR) is 82.1 cm³/mol. The highest BCUT2D eigenvalue weighted by Crippen LogP contribution is 2.40. The number of nitrogens with one attached hydrogen (secondary N) is 1. The zero-order valence-corrected chi connectivity index (χ0v) is 13.2. The molecule has 20 heavy (non-hydrogen) atoms. The number of likely N-dealkylation sites (N-methyl/N-ethyl adjacent to an activating group) is 1. The van der Waals surface area contributed by atoms with Crippen molar-refractivity contribution in [1.29, 1.82) is 0 Å².